The van der Waals surface area contributed by atoms with Gasteiger partial charge in [0, 0.05) is 6.54 Å². The molecule has 1 aromatic heterocycles. The summed E-state index contributed by atoms with van der Waals surface area (Å²) in [6.45, 7) is 0.581. The highest BCUT2D eigenvalue weighted by Crippen LogP contribution is 2.21. The highest BCUT2D eigenvalue weighted by atomic mass is 19.2. The summed E-state index contributed by atoms with van der Waals surface area (Å²) in [5, 5.41) is 5.03. The van der Waals surface area contributed by atoms with E-state index in [0.29, 0.717) is 25.1 Å². The zero-order valence-electron chi connectivity index (χ0n) is 13.3. The summed E-state index contributed by atoms with van der Waals surface area (Å²) in [6, 6.07) is 5.67. The molecule has 3 rings (SSSR count). The fourth-order valence-corrected chi connectivity index (χ4v) is 2.77. The van der Waals surface area contributed by atoms with Crippen LogP contribution in [0.5, 0.6) is 0 Å². The van der Waals surface area contributed by atoms with Crippen LogP contribution in [-0.2, 0) is 11.3 Å². The normalized spacial score (nSPS) is 16.7. The fourth-order valence-electron chi connectivity index (χ4n) is 2.77. The van der Waals surface area contributed by atoms with E-state index in [1.54, 1.807) is 12.1 Å². The molecule has 1 fully saturated rings. The van der Waals surface area contributed by atoms with Crippen LogP contribution in [0.15, 0.2) is 41.0 Å². The van der Waals surface area contributed by atoms with Crippen molar-refractivity contribution >= 4 is 17.6 Å². The lowest BCUT2D eigenvalue weighted by molar-refractivity contribution is -0.124. The molecule has 0 bridgehead atoms. The Labute approximate surface area is 142 Å². The third kappa shape index (κ3) is 3.78. The Hall–Kier alpha value is -2.90. The maximum absolute atomic E-state index is 13.7. The average molecular weight is 349 g/mol. The number of amides is 3. The van der Waals surface area contributed by atoms with Crippen molar-refractivity contribution in [3.63, 3.8) is 0 Å². The van der Waals surface area contributed by atoms with Crippen LogP contribution in [0.4, 0.5) is 19.3 Å². The fraction of sp³-hybridized carbons (Fsp3) is 0.294. The van der Waals surface area contributed by atoms with Gasteiger partial charge in [-0.2, -0.15) is 0 Å². The molecule has 1 aliphatic heterocycles. The number of carbonyl (C=O) groups excluding carboxylic acids is 2. The standard InChI is InChI=1S/C17H17F2N3O3/c18-12-5-1-6-13(15(12)19)21-17(24)22-8-2-7-14(22)16(23)20-10-11-4-3-9-25-11/h1,3-6,9,14H,2,7-8,10H2,(H,20,23)(H,21,24)/t14-/m1/s1. The van der Waals surface area contributed by atoms with Gasteiger partial charge in [-0.1, -0.05) is 6.07 Å². The number of halogens is 2. The Balaban J connectivity index is 1.63. The van der Waals surface area contributed by atoms with Gasteiger partial charge < -0.3 is 20.0 Å². The van der Waals surface area contributed by atoms with Gasteiger partial charge in [0.05, 0.1) is 18.5 Å². The van der Waals surface area contributed by atoms with Gasteiger partial charge in [-0.3, -0.25) is 4.79 Å². The van der Waals surface area contributed by atoms with E-state index in [9.17, 15) is 18.4 Å². The van der Waals surface area contributed by atoms with Gasteiger partial charge in [0.1, 0.15) is 11.8 Å². The highest BCUT2D eigenvalue weighted by Gasteiger charge is 2.34. The molecule has 1 aromatic carbocycles. The lowest BCUT2D eigenvalue weighted by atomic mass is 10.2. The zero-order chi connectivity index (χ0) is 17.8. The molecule has 8 heteroatoms. The highest BCUT2D eigenvalue weighted by molar-refractivity contribution is 5.94. The molecule has 2 heterocycles. The van der Waals surface area contributed by atoms with Crippen molar-refractivity contribution in [2.24, 2.45) is 0 Å². The molecular weight excluding hydrogens is 332 g/mol. The lowest BCUT2D eigenvalue weighted by Crippen LogP contribution is -2.47. The molecular formula is C17H17F2N3O3. The maximum atomic E-state index is 13.7. The Morgan fingerprint density at radius 2 is 2.08 bits per heavy atom. The minimum atomic E-state index is -1.13. The number of benzene rings is 1. The third-order valence-electron chi connectivity index (χ3n) is 4.03. The number of hydrogen-bond acceptors (Lipinski definition) is 3. The molecule has 0 aliphatic carbocycles. The summed E-state index contributed by atoms with van der Waals surface area (Å²) >= 11 is 0. The van der Waals surface area contributed by atoms with Crippen molar-refractivity contribution in [2.75, 3.05) is 11.9 Å². The second-order valence-electron chi connectivity index (χ2n) is 5.68. The van der Waals surface area contributed by atoms with Crippen LogP contribution < -0.4 is 10.6 Å². The average Bonchev–Trinajstić information content (AvgIpc) is 3.28. The number of anilines is 1. The zero-order valence-corrected chi connectivity index (χ0v) is 13.3. The Kier molecular flexibility index (Phi) is 4.97. The van der Waals surface area contributed by atoms with E-state index >= 15 is 0 Å². The van der Waals surface area contributed by atoms with Crippen LogP contribution in [0.1, 0.15) is 18.6 Å². The van der Waals surface area contributed by atoms with E-state index in [2.05, 4.69) is 10.6 Å². The predicted octanol–water partition coefficient (Wildman–Crippen LogP) is 2.87. The molecule has 2 N–H and O–H groups in total. The van der Waals surface area contributed by atoms with E-state index in [1.807, 2.05) is 0 Å². The van der Waals surface area contributed by atoms with Crippen molar-refractivity contribution in [1.82, 2.24) is 10.2 Å². The monoisotopic (exact) mass is 349 g/mol. The molecule has 3 amide bonds. The molecule has 0 radical (unpaired) electrons. The first kappa shape index (κ1) is 16.9. The quantitative estimate of drug-likeness (QED) is 0.891. The SMILES string of the molecule is O=C(NCc1ccco1)[C@H]1CCCN1C(=O)Nc1cccc(F)c1F. The Morgan fingerprint density at radius 3 is 2.84 bits per heavy atom. The summed E-state index contributed by atoms with van der Waals surface area (Å²) in [5.74, 6) is -1.89. The number of likely N-dealkylation sites (tertiary alicyclic amines) is 1. The van der Waals surface area contributed by atoms with Gasteiger partial charge in [-0.05, 0) is 37.1 Å². The number of hydrogen-bond donors (Lipinski definition) is 2. The van der Waals surface area contributed by atoms with Gasteiger partial charge >= 0.3 is 6.03 Å². The number of nitrogens with one attached hydrogen (secondary N) is 2. The lowest BCUT2D eigenvalue weighted by Gasteiger charge is -2.24. The Bertz CT molecular complexity index is 765. The van der Waals surface area contributed by atoms with Gasteiger partial charge in [0.25, 0.3) is 0 Å². The van der Waals surface area contributed by atoms with Crippen molar-refractivity contribution in [2.45, 2.75) is 25.4 Å². The molecule has 1 aliphatic rings. The van der Waals surface area contributed by atoms with Crippen LogP contribution in [0.3, 0.4) is 0 Å². The molecule has 0 saturated carbocycles. The summed E-state index contributed by atoms with van der Waals surface area (Å²) in [4.78, 5) is 26.0. The van der Waals surface area contributed by atoms with Gasteiger partial charge in [0.15, 0.2) is 11.6 Å². The molecule has 1 saturated heterocycles. The van der Waals surface area contributed by atoms with E-state index in [0.717, 1.165) is 6.07 Å². The van der Waals surface area contributed by atoms with Crippen molar-refractivity contribution in [1.29, 1.82) is 0 Å². The van der Waals surface area contributed by atoms with Gasteiger partial charge in [-0.25, -0.2) is 13.6 Å². The van der Waals surface area contributed by atoms with E-state index in [-0.39, 0.29) is 18.1 Å². The van der Waals surface area contributed by atoms with Gasteiger partial charge in [0.2, 0.25) is 5.91 Å². The van der Waals surface area contributed by atoms with Crippen molar-refractivity contribution in [3.8, 4) is 0 Å². The third-order valence-corrected chi connectivity index (χ3v) is 4.03. The summed E-state index contributed by atoms with van der Waals surface area (Å²) in [6.07, 6.45) is 2.66. The topological polar surface area (TPSA) is 74.6 Å². The predicted molar refractivity (Wildman–Crippen MR) is 85.7 cm³/mol. The number of carbonyl (C=O) groups is 2. The number of rotatable bonds is 4. The van der Waals surface area contributed by atoms with E-state index < -0.39 is 23.7 Å². The maximum Gasteiger partial charge on any atom is 0.322 e. The molecule has 132 valence electrons. The Morgan fingerprint density at radius 1 is 1.24 bits per heavy atom. The molecule has 2 aromatic rings. The number of nitrogens with zero attached hydrogens (tertiary/aromatic N) is 1. The van der Waals surface area contributed by atoms with Crippen LogP contribution in [0.25, 0.3) is 0 Å². The summed E-state index contributed by atoms with van der Waals surface area (Å²) in [5.41, 5.74) is -0.258. The number of furan rings is 1. The van der Waals surface area contributed by atoms with E-state index in [1.165, 1.54) is 23.3 Å². The second-order valence-corrected chi connectivity index (χ2v) is 5.68. The summed E-state index contributed by atoms with van der Waals surface area (Å²) < 4.78 is 32.1. The van der Waals surface area contributed by atoms with Crippen molar-refractivity contribution < 1.29 is 22.8 Å². The molecule has 0 unspecified atom stereocenters. The largest absolute Gasteiger partial charge is 0.467 e. The summed E-state index contributed by atoms with van der Waals surface area (Å²) in [7, 11) is 0. The van der Waals surface area contributed by atoms with Crippen LogP contribution in [-0.4, -0.2) is 29.4 Å². The molecule has 0 spiro atoms. The molecule has 25 heavy (non-hydrogen) atoms. The first-order valence-electron chi connectivity index (χ1n) is 7.88. The molecule has 1 atom stereocenters. The minimum absolute atomic E-state index is 0.219. The van der Waals surface area contributed by atoms with Crippen LogP contribution >= 0.6 is 0 Å². The molecule has 6 nitrogen and oxygen atoms in total. The van der Waals surface area contributed by atoms with Crippen LogP contribution in [0.2, 0.25) is 0 Å². The first-order valence-corrected chi connectivity index (χ1v) is 7.88. The number of urea groups is 1. The first-order chi connectivity index (χ1) is 12.1. The second kappa shape index (κ2) is 7.33. The van der Waals surface area contributed by atoms with Crippen LogP contribution in [0, 0.1) is 11.6 Å². The van der Waals surface area contributed by atoms with E-state index in [4.69, 9.17) is 4.42 Å². The smallest absolute Gasteiger partial charge is 0.322 e. The van der Waals surface area contributed by atoms with Gasteiger partial charge in [-0.15, -0.1) is 0 Å². The van der Waals surface area contributed by atoms with Crippen molar-refractivity contribution in [3.05, 3.63) is 54.0 Å². The minimum Gasteiger partial charge on any atom is -0.467 e.